The van der Waals surface area contributed by atoms with Gasteiger partial charge in [-0.05, 0) is 73.2 Å². The van der Waals surface area contributed by atoms with E-state index in [1.54, 1.807) is 72.6 Å². The highest BCUT2D eigenvalue weighted by molar-refractivity contribution is 6.30. The summed E-state index contributed by atoms with van der Waals surface area (Å²) in [5.41, 5.74) is 6.20. The first-order valence-electron chi connectivity index (χ1n) is 9.74. The Labute approximate surface area is 186 Å². The molecule has 0 radical (unpaired) electrons. The highest BCUT2D eigenvalue weighted by atomic mass is 35.5. The van der Waals surface area contributed by atoms with Gasteiger partial charge in [-0.25, -0.2) is 0 Å². The highest BCUT2D eigenvalue weighted by Gasteiger charge is 2.12. The molecule has 0 aliphatic carbocycles. The van der Waals surface area contributed by atoms with E-state index in [2.05, 4.69) is 0 Å². The summed E-state index contributed by atoms with van der Waals surface area (Å²) < 4.78 is 11.4. The van der Waals surface area contributed by atoms with Crippen molar-refractivity contribution in [3.8, 4) is 17.2 Å². The van der Waals surface area contributed by atoms with Crippen molar-refractivity contribution in [3.05, 3.63) is 88.9 Å². The summed E-state index contributed by atoms with van der Waals surface area (Å²) in [5.74, 6) is 1.29. The maximum Gasteiger partial charge on any atom is 0.253 e. The molecule has 3 rings (SSSR count). The quantitative estimate of drug-likeness (QED) is 0.488. The van der Waals surface area contributed by atoms with Gasteiger partial charge in [0.15, 0.2) is 0 Å². The average molecular weight is 439 g/mol. The third kappa shape index (κ3) is 6.49. The molecule has 0 saturated carbocycles. The molecule has 6 nitrogen and oxygen atoms in total. The lowest BCUT2D eigenvalue weighted by Crippen LogP contribution is -2.28. The van der Waals surface area contributed by atoms with Crippen LogP contribution in [0, 0.1) is 0 Å². The Balaban J connectivity index is 1.47. The first-order chi connectivity index (χ1) is 14.9. The molecule has 0 fully saturated rings. The number of halogens is 1. The summed E-state index contributed by atoms with van der Waals surface area (Å²) in [7, 11) is 1.76. The van der Waals surface area contributed by atoms with Crippen LogP contribution in [0.3, 0.4) is 0 Å². The number of carbonyl (C=O) groups excluding carboxylic acids is 2. The molecule has 0 bridgehead atoms. The number of nitrogens with zero attached hydrogens (tertiary/aromatic N) is 1. The first-order valence-corrected chi connectivity index (χ1v) is 10.1. The predicted octanol–water partition coefficient (Wildman–Crippen LogP) is 4.77. The molecule has 7 heteroatoms. The third-order valence-electron chi connectivity index (χ3n) is 4.53. The first kappa shape index (κ1) is 22.2. The van der Waals surface area contributed by atoms with Gasteiger partial charge in [-0.2, -0.15) is 0 Å². The number of rotatable bonds is 9. The van der Waals surface area contributed by atoms with E-state index in [1.165, 1.54) is 0 Å². The molecule has 31 heavy (non-hydrogen) atoms. The van der Waals surface area contributed by atoms with Crippen molar-refractivity contribution in [3.63, 3.8) is 0 Å². The Morgan fingerprint density at radius 3 is 2.10 bits per heavy atom. The minimum atomic E-state index is -0.491. The Hall–Kier alpha value is -3.51. The number of carbonyl (C=O) groups is 2. The molecule has 2 amide bonds. The van der Waals surface area contributed by atoms with Crippen LogP contribution in [0.5, 0.6) is 17.2 Å². The maximum atomic E-state index is 12.6. The van der Waals surface area contributed by atoms with Gasteiger partial charge in [0.25, 0.3) is 5.91 Å². The number of hydrogen-bond acceptors (Lipinski definition) is 4. The molecule has 0 saturated heterocycles. The fourth-order valence-electron chi connectivity index (χ4n) is 2.86. The van der Waals surface area contributed by atoms with Gasteiger partial charge in [0.2, 0.25) is 5.91 Å². The van der Waals surface area contributed by atoms with Gasteiger partial charge in [0.1, 0.15) is 17.2 Å². The van der Waals surface area contributed by atoms with E-state index in [1.807, 2.05) is 12.1 Å². The molecule has 0 aliphatic heterocycles. The molecule has 0 heterocycles. The van der Waals surface area contributed by atoms with E-state index in [-0.39, 0.29) is 5.91 Å². The summed E-state index contributed by atoms with van der Waals surface area (Å²) >= 11 is 5.93. The lowest BCUT2D eigenvalue weighted by Gasteiger charge is -2.17. The van der Waals surface area contributed by atoms with Crippen molar-refractivity contribution >= 4 is 23.4 Å². The summed E-state index contributed by atoms with van der Waals surface area (Å²) in [5, 5.41) is 0.625. The smallest absolute Gasteiger partial charge is 0.253 e. The van der Waals surface area contributed by atoms with Gasteiger partial charge in [-0.15, -0.1) is 0 Å². The van der Waals surface area contributed by atoms with Crippen molar-refractivity contribution in [2.24, 2.45) is 5.73 Å². The van der Waals surface area contributed by atoms with Crippen LogP contribution in [0.1, 0.15) is 27.1 Å². The van der Waals surface area contributed by atoms with Gasteiger partial charge in [0, 0.05) is 29.7 Å². The second-order valence-corrected chi connectivity index (χ2v) is 7.34. The fourth-order valence-corrected chi connectivity index (χ4v) is 3.04. The molecule has 160 valence electrons. The standard InChI is InChI=1S/C24H23ClN2O4/c1-27(14-3-15-30-22-5-2-4-19(25)16-22)24(29)18-8-12-21(13-9-18)31-20-10-6-17(7-11-20)23(26)28/h2,4-13,16H,3,14-15H2,1H3,(H2,26,28). The molecular weight excluding hydrogens is 416 g/mol. The number of amides is 2. The average Bonchev–Trinajstić information content (AvgIpc) is 2.77. The monoisotopic (exact) mass is 438 g/mol. The molecule has 3 aromatic carbocycles. The maximum absolute atomic E-state index is 12.6. The van der Waals surface area contributed by atoms with Crippen LogP contribution in [0.15, 0.2) is 72.8 Å². The van der Waals surface area contributed by atoms with Crippen LogP contribution < -0.4 is 15.2 Å². The van der Waals surface area contributed by atoms with Crippen LogP contribution >= 0.6 is 11.6 Å². The SMILES string of the molecule is CN(CCCOc1cccc(Cl)c1)C(=O)c1ccc(Oc2ccc(C(N)=O)cc2)cc1. The molecule has 0 unspecified atom stereocenters. The normalized spacial score (nSPS) is 10.4. The van der Waals surface area contributed by atoms with E-state index in [0.717, 1.165) is 0 Å². The van der Waals surface area contributed by atoms with Crippen molar-refractivity contribution in [2.75, 3.05) is 20.2 Å². The van der Waals surface area contributed by atoms with Gasteiger partial charge in [-0.1, -0.05) is 17.7 Å². The van der Waals surface area contributed by atoms with Crippen LogP contribution in [0.2, 0.25) is 5.02 Å². The summed E-state index contributed by atoms with van der Waals surface area (Å²) in [4.78, 5) is 25.4. The molecule has 0 aliphatic rings. The molecular formula is C24H23ClN2O4. The van der Waals surface area contributed by atoms with Crippen molar-refractivity contribution in [1.82, 2.24) is 4.90 Å². The largest absolute Gasteiger partial charge is 0.493 e. The molecule has 0 atom stereocenters. The van der Waals surface area contributed by atoms with E-state index in [4.69, 9.17) is 26.8 Å². The van der Waals surface area contributed by atoms with Gasteiger partial charge >= 0.3 is 0 Å². The van der Waals surface area contributed by atoms with E-state index >= 15 is 0 Å². The van der Waals surface area contributed by atoms with Crippen LogP contribution in [-0.4, -0.2) is 36.9 Å². The number of ether oxygens (including phenoxy) is 2. The summed E-state index contributed by atoms with van der Waals surface area (Å²) in [6.45, 7) is 1.04. The topological polar surface area (TPSA) is 81.9 Å². The predicted molar refractivity (Wildman–Crippen MR) is 120 cm³/mol. The van der Waals surface area contributed by atoms with Crippen LogP contribution in [0.4, 0.5) is 0 Å². The molecule has 0 aromatic heterocycles. The number of benzene rings is 3. The number of primary amides is 1. The minimum Gasteiger partial charge on any atom is -0.493 e. The zero-order valence-electron chi connectivity index (χ0n) is 17.1. The molecule has 3 aromatic rings. The van der Waals surface area contributed by atoms with Crippen molar-refractivity contribution < 1.29 is 19.1 Å². The third-order valence-corrected chi connectivity index (χ3v) is 4.76. The van der Waals surface area contributed by atoms with E-state index in [0.29, 0.717) is 53.0 Å². The lowest BCUT2D eigenvalue weighted by molar-refractivity contribution is 0.0787. The van der Waals surface area contributed by atoms with E-state index in [9.17, 15) is 9.59 Å². The van der Waals surface area contributed by atoms with Gasteiger partial charge in [0.05, 0.1) is 6.61 Å². The fraction of sp³-hybridized carbons (Fsp3) is 0.167. The second kappa shape index (κ2) is 10.5. The Kier molecular flexibility index (Phi) is 7.51. The summed E-state index contributed by atoms with van der Waals surface area (Å²) in [6.07, 6.45) is 0.692. The minimum absolute atomic E-state index is 0.0832. The molecule has 2 N–H and O–H groups in total. The van der Waals surface area contributed by atoms with Crippen molar-refractivity contribution in [1.29, 1.82) is 0 Å². The van der Waals surface area contributed by atoms with Gasteiger partial charge in [-0.3, -0.25) is 9.59 Å². The van der Waals surface area contributed by atoms with Crippen LogP contribution in [-0.2, 0) is 0 Å². The van der Waals surface area contributed by atoms with Gasteiger partial charge < -0.3 is 20.1 Å². The molecule has 0 spiro atoms. The Morgan fingerprint density at radius 1 is 0.903 bits per heavy atom. The van der Waals surface area contributed by atoms with Crippen LogP contribution in [0.25, 0.3) is 0 Å². The Morgan fingerprint density at radius 2 is 1.52 bits per heavy atom. The zero-order valence-corrected chi connectivity index (χ0v) is 17.8. The second-order valence-electron chi connectivity index (χ2n) is 6.90. The number of hydrogen-bond donors (Lipinski definition) is 1. The van der Waals surface area contributed by atoms with E-state index < -0.39 is 5.91 Å². The lowest BCUT2D eigenvalue weighted by atomic mass is 10.2. The highest BCUT2D eigenvalue weighted by Crippen LogP contribution is 2.22. The Bertz CT molecular complexity index is 1040. The van der Waals surface area contributed by atoms with Crippen molar-refractivity contribution in [2.45, 2.75) is 6.42 Å². The zero-order chi connectivity index (χ0) is 22.2. The number of nitrogens with two attached hydrogens (primary N) is 1. The summed E-state index contributed by atoms with van der Waals surface area (Å²) in [6, 6.07) is 20.6.